The van der Waals surface area contributed by atoms with Crippen molar-refractivity contribution < 1.29 is 0 Å². The molecule has 0 aliphatic carbocycles. The van der Waals surface area contributed by atoms with Gasteiger partial charge in [-0.2, -0.15) is 0 Å². The van der Waals surface area contributed by atoms with Gasteiger partial charge in [0.25, 0.3) is 0 Å². The van der Waals surface area contributed by atoms with Crippen LogP contribution < -0.4 is 15.9 Å². The Bertz CT molecular complexity index is 850. The summed E-state index contributed by atoms with van der Waals surface area (Å²) in [6, 6.07) is 28.2. The molecule has 164 valence electrons. The van der Waals surface area contributed by atoms with Crippen LogP contribution in [-0.4, -0.2) is 0 Å². The van der Waals surface area contributed by atoms with Crippen molar-refractivity contribution in [1.29, 1.82) is 0 Å². The summed E-state index contributed by atoms with van der Waals surface area (Å²) in [7, 11) is -1.06. The fraction of sp³-hybridized carbons (Fsp3) is 0.400. The Morgan fingerprint density at radius 1 is 0.355 bits per heavy atom. The highest BCUT2D eigenvalue weighted by Gasteiger charge is 2.27. The van der Waals surface area contributed by atoms with Crippen molar-refractivity contribution in [1.82, 2.24) is 0 Å². The third kappa shape index (κ3) is 5.67. The summed E-state index contributed by atoms with van der Waals surface area (Å²) in [6.07, 6.45) is 0. The van der Waals surface area contributed by atoms with Crippen LogP contribution in [0.2, 0.25) is 0 Å². The zero-order valence-corrected chi connectivity index (χ0v) is 21.9. The third-order valence-corrected chi connectivity index (χ3v) is 8.85. The molecule has 0 heterocycles. The van der Waals surface area contributed by atoms with Gasteiger partial charge in [0.1, 0.15) is 15.9 Å². The Balaban J connectivity index is 2.08. The van der Waals surface area contributed by atoms with E-state index in [1.54, 1.807) is 0 Å². The molecule has 0 spiro atoms. The van der Waals surface area contributed by atoms with Gasteiger partial charge in [-0.3, -0.25) is 0 Å². The predicted molar refractivity (Wildman–Crippen MR) is 143 cm³/mol. The van der Waals surface area contributed by atoms with Gasteiger partial charge in [0, 0.05) is 0 Å². The van der Waals surface area contributed by atoms with E-state index in [-0.39, 0.29) is 16.2 Å². The van der Waals surface area contributed by atoms with Crippen molar-refractivity contribution in [3.8, 4) is 0 Å². The highest BCUT2D eigenvalue weighted by molar-refractivity contribution is 7.79. The average molecular weight is 432 g/mol. The molecule has 0 nitrogen and oxygen atoms in total. The lowest BCUT2D eigenvalue weighted by molar-refractivity contribution is 0.590. The Hall–Kier alpha value is -1.91. The maximum atomic E-state index is 2.37. The lowest BCUT2D eigenvalue weighted by Gasteiger charge is -2.21. The maximum Gasteiger partial charge on any atom is 0.102 e. The number of rotatable bonds is 3. The molecule has 3 aromatic carbocycles. The first kappa shape index (κ1) is 23.7. The molecule has 0 saturated heterocycles. The summed E-state index contributed by atoms with van der Waals surface area (Å²) in [4.78, 5) is 0. The second-order valence-electron chi connectivity index (χ2n) is 11.9. The first-order valence-electron chi connectivity index (χ1n) is 11.5. The van der Waals surface area contributed by atoms with Crippen LogP contribution in [0.5, 0.6) is 0 Å². The van der Waals surface area contributed by atoms with Gasteiger partial charge in [0.15, 0.2) is 0 Å². The monoisotopic (exact) mass is 431 g/mol. The Morgan fingerprint density at radius 2 is 0.548 bits per heavy atom. The lowest BCUT2D eigenvalue weighted by atomic mass is 9.87. The second kappa shape index (κ2) is 8.55. The molecule has 0 atom stereocenters. The van der Waals surface area contributed by atoms with Crippen molar-refractivity contribution in [2.75, 3.05) is 0 Å². The van der Waals surface area contributed by atoms with Crippen LogP contribution in [0.15, 0.2) is 72.8 Å². The topological polar surface area (TPSA) is 0 Å². The Morgan fingerprint density at radius 3 is 0.710 bits per heavy atom. The van der Waals surface area contributed by atoms with Crippen LogP contribution in [-0.2, 0) is 16.2 Å². The van der Waals surface area contributed by atoms with E-state index in [0.29, 0.717) is 0 Å². The first-order chi connectivity index (χ1) is 14.3. The molecule has 0 fully saturated rings. The van der Waals surface area contributed by atoms with Crippen LogP contribution in [0.1, 0.15) is 79.0 Å². The number of hydrogen-bond acceptors (Lipinski definition) is 0. The van der Waals surface area contributed by atoms with Crippen molar-refractivity contribution in [3.05, 3.63) is 89.5 Å². The van der Waals surface area contributed by atoms with Gasteiger partial charge in [-0.05, 0) is 69.3 Å². The molecule has 3 aromatic rings. The molecule has 0 N–H and O–H groups in total. The smallest absolute Gasteiger partial charge is 0.0561 e. The molecular weight excluding hydrogens is 391 g/mol. The molecule has 31 heavy (non-hydrogen) atoms. The fourth-order valence-electron chi connectivity index (χ4n) is 3.91. The minimum Gasteiger partial charge on any atom is -0.0561 e. The maximum absolute atomic E-state index is 2.37. The van der Waals surface area contributed by atoms with Crippen LogP contribution in [0.4, 0.5) is 0 Å². The summed E-state index contributed by atoms with van der Waals surface area (Å²) in [5.41, 5.74) is 4.70. The van der Waals surface area contributed by atoms with Gasteiger partial charge in [0.05, 0.1) is 7.92 Å². The van der Waals surface area contributed by atoms with E-state index >= 15 is 0 Å². The normalized spacial score (nSPS) is 13.0. The predicted octanol–water partition coefficient (Wildman–Crippen LogP) is 7.07. The molecule has 0 aliphatic rings. The van der Waals surface area contributed by atoms with Crippen molar-refractivity contribution in [2.24, 2.45) is 0 Å². The van der Waals surface area contributed by atoms with Crippen LogP contribution >= 0.6 is 7.92 Å². The average Bonchev–Trinajstić information content (AvgIpc) is 2.67. The van der Waals surface area contributed by atoms with E-state index in [1.807, 2.05) is 0 Å². The number of benzene rings is 3. The van der Waals surface area contributed by atoms with Crippen LogP contribution in [0.25, 0.3) is 0 Å². The largest absolute Gasteiger partial charge is 0.102 e. The highest BCUT2D eigenvalue weighted by Crippen LogP contribution is 2.35. The Kier molecular flexibility index (Phi) is 6.55. The molecule has 0 amide bonds. The minimum atomic E-state index is -1.06. The molecule has 3 rings (SSSR count). The van der Waals surface area contributed by atoms with E-state index in [1.165, 1.54) is 32.6 Å². The summed E-state index contributed by atoms with van der Waals surface area (Å²) in [5, 5.41) is 4.35. The first-order valence-corrected chi connectivity index (χ1v) is 13.0. The van der Waals surface area contributed by atoms with E-state index in [2.05, 4.69) is 135 Å². The van der Waals surface area contributed by atoms with E-state index in [9.17, 15) is 0 Å². The molecule has 0 aliphatic heterocycles. The summed E-state index contributed by atoms with van der Waals surface area (Å²) < 4.78 is 0. The molecular formula is C30H40P+. The molecule has 0 unspecified atom stereocenters. The van der Waals surface area contributed by atoms with Gasteiger partial charge in [-0.1, -0.05) is 98.7 Å². The molecule has 0 radical (unpaired) electrons. The molecule has 0 saturated carbocycles. The van der Waals surface area contributed by atoms with Gasteiger partial charge in [-0.25, -0.2) is 0 Å². The minimum absolute atomic E-state index is 0.175. The number of hydrogen-bond donors (Lipinski definition) is 0. The zero-order chi connectivity index (χ0) is 23.0. The van der Waals surface area contributed by atoms with Crippen LogP contribution in [0.3, 0.4) is 0 Å². The SMILES string of the molecule is CC(C)(C)c1ccc([PH+](c2ccc(C(C)(C)C)cc2)c2ccc(C(C)(C)C)cc2)cc1. The Labute approximate surface area is 191 Å². The van der Waals surface area contributed by atoms with Gasteiger partial charge < -0.3 is 0 Å². The molecule has 1 heteroatoms. The highest BCUT2D eigenvalue weighted by atomic mass is 31.1. The van der Waals surface area contributed by atoms with E-state index < -0.39 is 7.92 Å². The molecule has 0 bridgehead atoms. The third-order valence-electron chi connectivity index (χ3n) is 6.12. The van der Waals surface area contributed by atoms with Crippen molar-refractivity contribution >= 4 is 23.8 Å². The summed E-state index contributed by atoms with van der Waals surface area (Å²) in [6.45, 7) is 20.5. The van der Waals surface area contributed by atoms with Gasteiger partial charge in [-0.15, -0.1) is 0 Å². The van der Waals surface area contributed by atoms with Crippen LogP contribution in [0, 0.1) is 0 Å². The summed E-state index contributed by atoms with van der Waals surface area (Å²) >= 11 is 0. The standard InChI is InChI=1S/C30H39P/c1-28(2,3)22-10-16-25(17-11-22)31(26-18-12-23(13-19-26)29(4,5)6)27-20-14-24(15-21-27)30(7,8)9/h10-21H,1-9H3/p+1. The van der Waals surface area contributed by atoms with Crippen molar-refractivity contribution in [3.63, 3.8) is 0 Å². The van der Waals surface area contributed by atoms with Gasteiger partial charge >= 0.3 is 0 Å². The fourth-order valence-corrected chi connectivity index (χ4v) is 6.41. The second-order valence-corrected chi connectivity index (χ2v) is 14.3. The zero-order valence-electron chi connectivity index (χ0n) is 20.9. The lowest BCUT2D eigenvalue weighted by Crippen LogP contribution is -2.23. The van der Waals surface area contributed by atoms with Crippen molar-refractivity contribution in [2.45, 2.75) is 78.6 Å². The molecule has 0 aromatic heterocycles. The van der Waals surface area contributed by atoms with Gasteiger partial charge in [0.2, 0.25) is 0 Å². The van der Waals surface area contributed by atoms with E-state index in [0.717, 1.165) is 0 Å². The quantitative estimate of drug-likeness (QED) is 0.389. The summed E-state index contributed by atoms with van der Waals surface area (Å²) in [5.74, 6) is 0. The van der Waals surface area contributed by atoms with E-state index in [4.69, 9.17) is 0 Å².